The maximum absolute atomic E-state index is 14.1. The first-order valence-electron chi connectivity index (χ1n) is 7.82. The van der Waals surface area contributed by atoms with E-state index in [2.05, 4.69) is 5.32 Å². The fourth-order valence-corrected chi connectivity index (χ4v) is 6.13. The third kappa shape index (κ3) is 3.72. The van der Waals surface area contributed by atoms with Crippen LogP contribution >= 0.6 is 31.1 Å². The van der Waals surface area contributed by atoms with E-state index in [-0.39, 0.29) is 0 Å². The first-order valence-corrected chi connectivity index (χ1v) is 11.2. The van der Waals surface area contributed by atoms with Gasteiger partial charge in [-0.3, -0.25) is 0 Å². The number of nitrogens with one attached hydrogen (secondary N) is 1. The molecule has 0 fully saturated rings. The van der Waals surface area contributed by atoms with E-state index in [1.54, 1.807) is 11.8 Å². The third-order valence-electron chi connectivity index (χ3n) is 3.87. The highest BCUT2D eigenvalue weighted by Crippen LogP contribution is 2.45. The van der Waals surface area contributed by atoms with Crippen LogP contribution in [0.25, 0.3) is 0 Å². The van der Waals surface area contributed by atoms with Gasteiger partial charge in [0.25, 0.3) is 0 Å². The van der Waals surface area contributed by atoms with Crippen molar-refractivity contribution in [3.8, 4) is 0 Å². The van der Waals surface area contributed by atoms with Gasteiger partial charge in [-0.25, -0.2) is 0 Å². The lowest BCUT2D eigenvalue weighted by atomic mass is 10.3. The maximum Gasteiger partial charge on any atom is 0.197 e. The van der Waals surface area contributed by atoms with E-state index in [9.17, 15) is 4.57 Å². The van der Waals surface area contributed by atoms with Crippen LogP contribution in [0.2, 0.25) is 0 Å². The fraction of sp³-hybridized carbons (Fsp3) is 0.0500. The Morgan fingerprint density at radius 1 is 0.840 bits per heavy atom. The van der Waals surface area contributed by atoms with Crippen LogP contribution < -0.4 is 15.9 Å². The van der Waals surface area contributed by atoms with Crippen molar-refractivity contribution in [1.29, 1.82) is 0 Å². The minimum absolute atomic E-state index is 0.353. The highest BCUT2D eigenvalue weighted by molar-refractivity contribution is 8.08. The largest absolute Gasteiger partial charge is 0.342 e. The summed E-state index contributed by atoms with van der Waals surface area (Å²) in [4.78, 5) is 1.07. The van der Waals surface area contributed by atoms with Gasteiger partial charge in [-0.1, -0.05) is 85.0 Å². The minimum atomic E-state index is -3.10. The summed E-state index contributed by atoms with van der Waals surface area (Å²) in [5.74, 6) is 0. The molecule has 0 aromatic heterocycles. The highest BCUT2D eigenvalue weighted by atomic mass is 32.2. The second kappa shape index (κ2) is 8.01. The number of anilines is 1. The molecular weight excluding hydrogens is 365 g/mol. The normalized spacial score (nSPS) is 11.1. The zero-order valence-electron chi connectivity index (χ0n) is 13.8. The Balaban J connectivity index is 2.07. The van der Waals surface area contributed by atoms with Crippen LogP contribution in [0.4, 0.5) is 5.69 Å². The Kier molecular flexibility index (Phi) is 5.74. The van der Waals surface area contributed by atoms with E-state index >= 15 is 0 Å². The van der Waals surface area contributed by atoms with E-state index < -0.39 is 7.14 Å². The number of hydrogen-bond acceptors (Lipinski definition) is 3. The first-order chi connectivity index (χ1) is 12.2. The molecule has 0 spiro atoms. The van der Waals surface area contributed by atoms with Gasteiger partial charge in [0.1, 0.15) is 4.73 Å². The van der Waals surface area contributed by atoms with Gasteiger partial charge in [-0.15, -0.1) is 11.8 Å². The van der Waals surface area contributed by atoms with Crippen molar-refractivity contribution in [2.75, 3.05) is 11.6 Å². The van der Waals surface area contributed by atoms with Crippen molar-refractivity contribution in [3.63, 3.8) is 0 Å². The van der Waals surface area contributed by atoms with Crippen LogP contribution in [0.3, 0.4) is 0 Å². The number of hydrogen-bond donors (Lipinski definition) is 1. The summed E-state index contributed by atoms with van der Waals surface area (Å²) in [5, 5.41) is 4.72. The van der Waals surface area contributed by atoms with Gasteiger partial charge >= 0.3 is 0 Å². The molecule has 0 unspecified atom stereocenters. The molecular formula is C20H18NOPS2. The summed E-state index contributed by atoms with van der Waals surface area (Å²) >= 11 is 7.29. The topological polar surface area (TPSA) is 29.1 Å². The highest BCUT2D eigenvalue weighted by Gasteiger charge is 2.32. The lowest BCUT2D eigenvalue weighted by Crippen LogP contribution is -2.25. The Morgan fingerprint density at radius 3 is 1.84 bits per heavy atom. The van der Waals surface area contributed by atoms with E-state index in [0.29, 0.717) is 4.73 Å². The van der Waals surface area contributed by atoms with Crippen molar-refractivity contribution in [1.82, 2.24) is 0 Å². The van der Waals surface area contributed by atoms with Crippen LogP contribution in [0, 0.1) is 0 Å². The van der Waals surface area contributed by atoms with Gasteiger partial charge in [-0.2, -0.15) is 0 Å². The van der Waals surface area contributed by atoms with Crippen LogP contribution in [0.15, 0.2) is 89.8 Å². The van der Waals surface area contributed by atoms with Gasteiger partial charge in [-0.05, 0) is 18.4 Å². The van der Waals surface area contributed by atoms with Gasteiger partial charge < -0.3 is 9.88 Å². The number of thioether (sulfide) groups is 1. The zero-order chi connectivity index (χ0) is 17.7. The summed E-state index contributed by atoms with van der Waals surface area (Å²) in [6, 6.07) is 26.8. The average Bonchev–Trinajstić information content (AvgIpc) is 2.69. The van der Waals surface area contributed by atoms with Crippen molar-refractivity contribution in [2.24, 2.45) is 0 Å². The van der Waals surface area contributed by atoms with Crippen molar-refractivity contribution in [3.05, 3.63) is 84.9 Å². The smallest absolute Gasteiger partial charge is 0.197 e. The Labute approximate surface area is 158 Å². The molecule has 0 heterocycles. The molecule has 3 aromatic carbocycles. The molecule has 0 aliphatic carbocycles. The molecule has 3 aromatic rings. The second-order valence-corrected chi connectivity index (χ2v) is 9.67. The van der Waals surface area contributed by atoms with Gasteiger partial charge in [0.15, 0.2) is 7.14 Å². The van der Waals surface area contributed by atoms with Gasteiger partial charge in [0, 0.05) is 15.5 Å². The standard InChI is InChI=1S/C20H18NOPS2/c1-25-19-15-9-8-14-18(19)21-20(24)23(22,16-10-4-2-5-11-16)17-12-6-3-7-13-17/h2-15H,1H3,(H,21,24). The summed E-state index contributed by atoms with van der Waals surface area (Å²) in [5.41, 5.74) is 0.882. The molecule has 0 bridgehead atoms. The molecule has 3 rings (SSSR count). The minimum Gasteiger partial charge on any atom is -0.342 e. The van der Waals surface area contributed by atoms with Crippen molar-refractivity contribution in [2.45, 2.75) is 4.90 Å². The van der Waals surface area contributed by atoms with Crippen LogP contribution in [0.1, 0.15) is 0 Å². The first kappa shape index (κ1) is 17.9. The number of rotatable bonds is 5. The van der Waals surface area contributed by atoms with Gasteiger partial charge in [0.05, 0.1) is 5.69 Å². The van der Waals surface area contributed by atoms with E-state index in [1.807, 2.05) is 91.2 Å². The van der Waals surface area contributed by atoms with Crippen molar-refractivity contribution >= 4 is 52.1 Å². The predicted octanol–water partition coefficient (Wildman–Crippen LogP) is 5.12. The van der Waals surface area contributed by atoms with E-state index in [4.69, 9.17) is 12.2 Å². The molecule has 0 aliphatic heterocycles. The second-order valence-electron chi connectivity index (χ2n) is 5.41. The SMILES string of the molecule is CSc1ccccc1NC(=S)P(=O)(c1ccccc1)c1ccccc1. The molecule has 0 aliphatic rings. The molecule has 0 amide bonds. The van der Waals surface area contributed by atoms with Crippen molar-refractivity contribution < 1.29 is 4.57 Å². The molecule has 126 valence electrons. The van der Waals surface area contributed by atoms with Gasteiger partial charge in [0.2, 0.25) is 0 Å². The lowest BCUT2D eigenvalue weighted by Gasteiger charge is -2.22. The molecule has 5 heteroatoms. The fourth-order valence-electron chi connectivity index (χ4n) is 2.60. The molecule has 0 saturated heterocycles. The van der Waals surface area contributed by atoms with Crippen LogP contribution in [-0.4, -0.2) is 11.0 Å². The summed E-state index contributed by atoms with van der Waals surface area (Å²) in [6.07, 6.45) is 2.01. The Morgan fingerprint density at radius 2 is 1.32 bits per heavy atom. The summed E-state index contributed by atoms with van der Waals surface area (Å²) in [6.45, 7) is 0. The molecule has 25 heavy (non-hydrogen) atoms. The Hall–Kier alpha value is -1.87. The lowest BCUT2D eigenvalue weighted by molar-refractivity contribution is 0.594. The van der Waals surface area contributed by atoms with E-state index in [1.165, 1.54) is 0 Å². The zero-order valence-corrected chi connectivity index (χ0v) is 16.3. The molecule has 1 N–H and O–H groups in total. The summed E-state index contributed by atoms with van der Waals surface area (Å²) < 4.78 is 14.5. The maximum atomic E-state index is 14.1. The number of para-hydroxylation sites is 1. The molecule has 0 radical (unpaired) electrons. The predicted molar refractivity (Wildman–Crippen MR) is 114 cm³/mol. The number of benzene rings is 3. The van der Waals surface area contributed by atoms with Crippen LogP contribution in [0.5, 0.6) is 0 Å². The average molecular weight is 383 g/mol. The summed E-state index contributed by atoms with van der Waals surface area (Å²) in [7, 11) is -3.10. The number of thiocarbonyl (C=S) groups is 1. The third-order valence-corrected chi connectivity index (χ3v) is 8.28. The van der Waals surface area contributed by atoms with Crippen LogP contribution in [-0.2, 0) is 4.57 Å². The quantitative estimate of drug-likeness (QED) is 0.376. The molecule has 2 nitrogen and oxygen atoms in total. The monoisotopic (exact) mass is 383 g/mol. The Bertz CT molecular complexity index is 870. The molecule has 0 atom stereocenters. The van der Waals surface area contributed by atoms with E-state index in [0.717, 1.165) is 21.2 Å². The molecule has 0 saturated carbocycles.